The molecule has 1 nitrogen and oxygen atoms in total. The fourth-order valence-electron chi connectivity index (χ4n) is 1.67. The average molecular weight is 246 g/mol. The summed E-state index contributed by atoms with van der Waals surface area (Å²) in [6, 6.07) is 1.53. The highest BCUT2D eigenvalue weighted by molar-refractivity contribution is 8.00. The molecule has 1 aliphatic rings. The van der Waals surface area contributed by atoms with E-state index in [0.717, 1.165) is 24.3 Å². The lowest BCUT2D eigenvalue weighted by atomic mass is 10.1. The Morgan fingerprint density at radius 1 is 1.25 bits per heavy atom. The molecule has 0 spiro atoms. The van der Waals surface area contributed by atoms with E-state index in [-0.39, 0.29) is 16.6 Å². The number of carbonyl (C=O) groups is 1. The van der Waals surface area contributed by atoms with Gasteiger partial charge in [-0.1, -0.05) is 0 Å². The van der Waals surface area contributed by atoms with Crippen LogP contribution in [-0.2, 0) is 0 Å². The van der Waals surface area contributed by atoms with Crippen LogP contribution in [0, 0.1) is 17.5 Å². The fourth-order valence-corrected chi connectivity index (χ4v) is 2.91. The Balaban J connectivity index is 2.29. The highest BCUT2D eigenvalue weighted by Crippen LogP contribution is 2.29. The molecule has 1 aliphatic heterocycles. The highest BCUT2D eigenvalue weighted by Gasteiger charge is 2.26. The predicted octanol–water partition coefficient (Wildman–Crippen LogP) is 3.18. The minimum Gasteiger partial charge on any atom is -0.293 e. The van der Waals surface area contributed by atoms with Crippen molar-refractivity contribution in [3.05, 3.63) is 35.1 Å². The Morgan fingerprint density at radius 2 is 1.88 bits per heavy atom. The number of hydrogen-bond acceptors (Lipinski definition) is 2. The van der Waals surface area contributed by atoms with E-state index in [1.54, 1.807) is 0 Å². The third-order valence-corrected chi connectivity index (χ3v) is 3.87. The minimum absolute atomic E-state index is 0.0872. The lowest BCUT2D eigenvalue weighted by Gasteiger charge is -2.07. The number of carbonyl (C=O) groups excluding carboxylic acids is 1. The van der Waals surface area contributed by atoms with Crippen molar-refractivity contribution < 1.29 is 18.0 Å². The molecule has 1 unspecified atom stereocenters. The summed E-state index contributed by atoms with van der Waals surface area (Å²) in [7, 11) is 0. The van der Waals surface area contributed by atoms with Crippen molar-refractivity contribution >= 4 is 17.5 Å². The molecule has 1 atom stereocenters. The van der Waals surface area contributed by atoms with E-state index in [1.165, 1.54) is 11.8 Å². The molecule has 16 heavy (non-hydrogen) atoms. The SMILES string of the molecule is O=C(c1cc(F)c(F)c(F)c1)C1CCCS1. The quantitative estimate of drug-likeness (QED) is 0.589. The van der Waals surface area contributed by atoms with Gasteiger partial charge in [0.05, 0.1) is 5.25 Å². The molecular formula is C11H9F3OS. The summed E-state index contributed by atoms with van der Waals surface area (Å²) in [5, 5.41) is -0.246. The fraction of sp³-hybridized carbons (Fsp3) is 0.364. The topological polar surface area (TPSA) is 17.1 Å². The highest BCUT2D eigenvalue weighted by atomic mass is 32.2. The average Bonchev–Trinajstić information content (AvgIpc) is 2.77. The molecule has 86 valence electrons. The third-order valence-electron chi connectivity index (χ3n) is 2.49. The van der Waals surface area contributed by atoms with Gasteiger partial charge in [-0.3, -0.25) is 4.79 Å². The van der Waals surface area contributed by atoms with Gasteiger partial charge in [-0.25, -0.2) is 13.2 Å². The first kappa shape index (κ1) is 11.5. The Kier molecular flexibility index (Phi) is 3.23. The van der Waals surface area contributed by atoms with Crippen LogP contribution in [-0.4, -0.2) is 16.8 Å². The molecule has 2 rings (SSSR count). The largest absolute Gasteiger partial charge is 0.293 e. The number of benzene rings is 1. The van der Waals surface area contributed by atoms with Crippen LogP contribution in [0.25, 0.3) is 0 Å². The summed E-state index contributed by atoms with van der Waals surface area (Å²) in [6.07, 6.45) is 1.64. The van der Waals surface area contributed by atoms with Gasteiger partial charge in [0.15, 0.2) is 23.2 Å². The first-order chi connectivity index (χ1) is 7.59. The number of thioether (sulfide) groups is 1. The van der Waals surface area contributed by atoms with Gasteiger partial charge in [-0.05, 0) is 30.7 Å². The number of ketones is 1. The maximum Gasteiger partial charge on any atom is 0.194 e. The smallest absolute Gasteiger partial charge is 0.194 e. The number of rotatable bonds is 2. The van der Waals surface area contributed by atoms with E-state index in [0.29, 0.717) is 6.42 Å². The molecule has 0 radical (unpaired) electrons. The van der Waals surface area contributed by atoms with Gasteiger partial charge in [-0.2, -0.15) is 11.8 Å². The van der Waals surface area contributed by atoms with Crippen molar-refractivity contribution in [3.8, 4) is 0 Å². The van der Waals surface area contributed by atoms with Gasteiger partial charge in [0, 0.05) is 5.56 Å². The molecule has 1 fully saturated rings. The van der Waals surface area contributed by atoms with E-state index < -0.39 is 17.5 Å². The summed E-state index contributed by atoms with van der Waals surface area (Å²) < 4.78 is 38.5. The Morgan fingerprint density at radius 3 is 2.38 bits per heavy atom. The van der Waals surface area contributed by atoms with Gasteiger partial charge < -0.3 is 0 Å². The van der Waals surface area contributed by atoms with Crippen molar-refractivity contribution in [1.29, 1.82) is 0 Å². The van der Waals surface area contributed by atoms with Crippen LogP contribution in [0.4, 0.5) is 13.2 Å². The second-order valence-electron chi connectivity index (χ2n) is 3.62. The van der Waals surface area contributed by atoms with Gasteiger partial charge in [0.25, 0.3) is 0 Å². The summed E-state index contributed by atoms with van der Waals surface area (Å²) >= 11 is 1.47. The van der Waals surface area contributed by atoms with Gasteiger partial charge in [-0.15, -0.1) is 0 Å². The standard InChI is InChI=1S/C11H9F3OS/c12-7-4-6(5-8(13)10(7)14)11(15)9-2-1-3-16-9/h4-5,9H,1-3H2. The van der Waals surface area contributed by atoms with E-state index in [1.807, 2.05) is 0 Å². The zero-order chi connectivity index (χ0) is 11.7. The van der Waals surface area contributed by atoms with Crippen molar-refractivity contribution in [2.24, 2.45) is 0 Å². The van der Waals surface area contributed by atoms with Crippen molar-refractivity contribution in [2.45, 2.75) is 18.1 Å². The molecule has 0 aliphatic carbocycles. The van der Waals surface area contributed by atoms with E-state index in [2.05, 4.69) is 0 Å². The van der Waals surface area contributed by atoms with Crippen LogP contribution in [0.3, 0.4) is 0 Å². The van der Waals surface area contributed by atoms with Crippen molar-refractivity contribution in [1.82, 2.24) is 0 Å². The number of Topliss-reactive ketones (excluding diaryl/α,β-unsaturated/α-hetero) is 1. The summed E-state index contributed by atoms with van der Waals surface area (Å²) in [6.45, 7) is 0. The molecule has 0 bridgehead atoms. The second-order valence-corrected chi connectivity index (χ2v) is 4.93. The molecule has 5 heteroatoms. The lowest BCUT2D eigenvalue weighted by Crippen LogP contribution is -2.15. The Labute approximate surface area is 95.0 Å². The zero-order valence-electron chi connectivity index (χ0n) is 8.30. The third kappa shape index (κ3) is 2.09. The Bertz CT molecular complexity index is 404. The van der Waals surface area contributed by atoms with Gasteiger partial charge in [0.1, 0.15) is 0 Å². The van der Waals surface area contributed by atoms with E-state index >= 15 is 0 Å². The van der Waals surface area contributed by atoms with Gasteiger partial charge in [0.2, 0.25) is 0 Å². The van der Waals surface area contributed by atoms with Crippen LogP contribution >= 0.6 is 11.8 Å². The predicted molar refractivity (Wildman–Crippen MR) is 56.1 cm³/mol. The number of hydrogen-bond donors (Lipinski definition) is 0. The monoisotopic (exact) mass is 246 g/mol. The molecular weight excluding hydrogens is 237 g/mol. The van der Waals surface area contributed by atoms with Gasteiger partial charge >= 0.3 is 0 Å². The van der Waals surface area contributed by atoms with Crippen LogP contribution in [0.1, 0.15) is 23.2 Å². The van der Waals surface area contributed by atoms with E-state index in [4.69, 9.17) is 0 Å². The molecule has 0 saturated carbocycles. The van der Waals surface area contributed by atoms with Crippen LogP contribution in [0.5, 0.6) is 0 Å². The molecule has 1 saturated heterocycles. The van der Waals surface area contributed by atoms with Crippen LogP contribution < -0.4 is 0 Å². The van der Waals surface area contributed by atoms with Crippen molar-refractivity contribution in [3.63, 3.8) is 0 Å². The molecule has 0 amide bonds. The summed E-state index contributed by atoms with van der Waals surface area (Å²) in [4.78, 5) is 11.8. The molecule has 1 aromatic carbocycles. The Hall–Kier alpha value is -0.970. The van der Waals surface area contributed by atoms with E-state index in [9.17, 15) is 18.0 Å². The molecule has 1 heterocycles. The summed E-state index contributed by atoms with van der Waals surface area (Å²) in [5.41, 5.74) is -0.0872. The maximum absolute atomic E-state index is 12.9. The zero-order valence-corrected chi connectivity index (χ0v) is 9.12. The summed E-state index contributed by atoms with van der Waals surface area (Å²) in [5.74, 6) is -3.60. The minimum atomic E-state index is -1.53. The van der Waals surface area contributed by atoms with Crippen LogP contribution in [0.2, 0.25) is 0 Å². The normalized spacial score (nSPS) is 20.1. The molecule has 1 aromatic rings. The maximum atomic E-state index is 12.9. The first-order valence-corrected chi connectivity index (χ1v) is 5.95. The first-order valence-electron chi connectivity index (χ1n) is 4.90. The molecule has 0 aromatic heterocycles. The lowest BCUT2D eigenvalue weighted by molar-refractivity contribution is 0.0987. The number of halogens is 3. The molecule has 0 N–H and O–H groups in total. The van der Waals surface area contributed by atoms with Crippen LogP contribution in [0.15, 0.2) is 12.1 Å². The second kappa shape index (κ2) is 4.49. The van der Waals surface area contributed by atoms with Crippen molar-refractivity contribution in [2.75, 3.05) is 5.75 Å².